The van der Waals surface area contributed by atoms with Crippen molar-refractivity contribution in [3.05, 3.63) is 94.2 Å². The lowest BCUT2D eigenvalue weighted by atomic mass is 10.1. The van der Waals surface area contributed by atoms with Gasteiger partial charge < -0.3 is 15.0 Å². The second-order valence-electron chi connectivity index (χ2n) is 7.12. The Morgan fingerprint density at radius 3 is 2.38 bits per heavy atom. The van der Waals surface area contributed by atoms with Gasteiger partial charge in [0.15, 0.2) is 6.61 Å². The molecule has 2 amide bonds. The van der Waals surface area contributed by atoms with E-state index in [2.05, 4.69) is 10.3 Å². The molecule has 0 unspecified atom stereocenters. The Kier molecular flexibility index (Phi) is 8.48. The molecule has 2 aromatic carbocycles. The van der Waals surface area contributed by atoms with E-state index in [1.165, 1.54) is 4.90 Å². The number of pyridine rings is 1. The molecule has 0 spiro atoms. The highest BCUT2D eigenvalue weighted by molar-refractivity contribution is 6.32. The maximum absolute atomic E-state index is 13.1. The van der Waals surface area contributed by atoms with E-state index in [1.54, 1.807) is 55.7 Å². The Morgan fingerprint density at radius 1 is 1.00 bits per heavy atom. The lowest BCUT2D eigenvalue weighted by molar-refractivity contribution is -0.142. The smallest absolute Gasteiger partial charge is 0.261 e. The standard InChI is InChI=1S/C24H23Cl2N3O3/c1-17(24(31)28-14-18-10-12-27-13-11-18)29(15-19-6-8-20(25)9-7-19)23(30)16-32-22-5-3-2-4-21(22)26/h2-13,17H,14-16H2,1H3,(H,28,31)/t17-/m1/s1. The number of hydrogen-bond acceptors (Lipinski definition) is 4. The lowest BCUT2D eigenvalue weighted by Gasteiger charge is -2.29. The zero-order valence-corrected chi connectivity index (χ0v) is 19.0. The third-order valence-corrected chi connectivity index (χ3v) is 5.40. The van der Waals surface area contributed by atoms with Gasteiger partial charge in [0.05, 0.1) is 5.02 Å². The van der Waals surface area contributed by atoms with Crippen LogP contribution in [0.2, 0.25) is 10.0 Å². The maximum Gasteiger partial charge on any atom is 0.261 e. The van der Waals surface area contributed by atoms with Crippen LogP contribution < -0.4 is 10.1 Å². The summed E-state index contributed by atoms with van der Waals surface area (Å²) in [6.07, 6.45) is 3.32. The molecule has 6 nitrogen and oxygen atoms in total. The van der Waals surface area contributed by atoms with Crippen molar-refractivity contribution in [2.75, 3.05) is 6.61 Å². The molecule has 0 aliphatic heterocycles. The summed E-state index contributed by atoms with van der Waals surface area (Å²) in [4.78, 5) is 31.3. The maximum atomic E-state index is 13.1. The first-order valence-corrected chi connectivity index (χ1v) is 10.8. The molecule has 32 heavy (non-hydrogen) atoms. The van der Waals surface area contributed by atoms with Crippen LogP contribution in [0.3, 0.4) is 0 Å². The van der Waals surface area contributed by atoms with Gasteiger partial charge in [0.25, 0.3) is 5.91 Å². The van der Waals surface area contributed by atoms with Crippen molar-refractivity contribution >= 4 is 35.0 Å². The average molecular weight is 472 g/mol. The molecule has 0 bridgehead atoms. The number of carbonyl (C=O) groups excluding carboxylic acids is 2. The van der Waals surface area contributed by atoms with Crippen molar-refractivity contribution in [3.8, 4) is 5.75 Å². The Morgan fingerprint density at radius 2 is 1.69 bits per heavy atom. The largest absolute Gasteiger partial charge is 0.482 e. The predicted molar refractivity (Wildman–Crippen MR) is 124 cm³/mol. The van der Waals surface area contributed by atoms with Crippen LogP contribution in [0.5, 0.6) is 5.75 Å². The molecule has 166 valence electrons. The van der Waals surface area contributed by atoms with Gasteiger partial charge in [-0.25, -0.2) is 0 Å². The molecule has 3 aromatic rings. The fourth-order valence-electron chi connectivity index (χ4n) is 2.99. The predicted octanol–water partition coefficient (Wildman–Crippen LogP) is 4.50. The first-order chi connectivity index (χ1) is 15.4. The van der Waals surface area contributed by atoms with Crippen LogP contribution in [0, 0.1) is 0 Å². The van der Waals surface area contributed by atoms with Gasteiger partial charge in [0.1, 0.15) is 11.8 Å². The Bertz CT molecular complexity index is 1050. The molecule has 0 fully saturated rings. The number of rotatable bonds is 9. The number of ether oxygens (including phenoxy) is 1. The van der Waals surface area contributed by atoms with E-state index in [9.17, 15) is 9.59 Å². The van der Waals surface area contributed by atoms with Gasteiger partial charge in [-0.3, -0.25) is 14.6 Å². The van der Waals surface area contributed by atoms with Gasteiger partial charge in [0.2, 0.25) is 5.91 Å². The fraction of sp³-hybridized carbons (Fsp3) is 0.208. The molecular formula is C24H23Cl2N3O3. The third kappa shape index (κ3) is 6.70. The monoisotopic (exact) mass is 471 g/mol. The van der Waals surface area contributed by atoms with E-state index >= 15 is 0 Å². The molecule has 0 saturated heterocycles. The van der Waals surface area contributed by atoms with Crippen molar-refractivity contribution in [1.82, 2.24) is 15.2 Å². The molecule has 0 radical (unpaired) electrons. The third-order valence-electron chi connectivity index (χ3n) is 4.84. The summed E-state index contributed by atoms with van der Waals surface area (Å²) in [7, 11) is 0. The second kappa shape index (κ2) is 11.5. The van der Waals surface area contributed by atoms with Crippen molar-refractivity contribution in [1.29, 1.82) is 0 Å². The number of nitrogens with zero attached hydrogens (tertiary/aromatic N) is 2. The van der Waals surface area contributed by atoms with Crippen LogP contribution in [-0.2, 0) is 22.7 Å². The van der Waals surface area contributed by atoms with E-state index in [0.29, 0.717) is 22.3 Å². The zero-order valence-electron chi connectivity index (χ0n) is 17.5. The van der Waals surface area contributed by atoms with Crippen molar-refractivity contribution in [3.63, 3.8) is 0 Å². The lowest BCUT2D eigenvalue weighted by Crippen LogP contribution is -2.48. The molecule has 0 aliphatic rings. The van der Waals surface area contributed by atoms with E-state index in [4.69, 9.17) is 27.9 Å². The Balaban J connectivity index is 1.71. The Labute approximate surface area is 197 Å². The van der Waals surface area contributed by atoms with Crippen LogP contribution in [-0.4, -0.2) is 34.3 Å². The number of hydrogen-bond donors (Lipinski definition) is 1. The van der Waals surface area contributed by atoms with Crippen LogP contribution in [0.25, 0.3) is 0 Å². The van der Waals surface area contributed by atoms with Crippen LogP contribution in [0.15, 0.2) is 73.1 Å². The fourth-order valence-corrected chi connectivity index (χ4v) is 3.31. The first-order valence-electron chi connectivity index (χ1n) is 10.0. The second-order valence-corrected chi connectivity index (χ2v) is 7.96. The summed E-state index contributed by atoms with van der Waals surface area (Å²) >= 11 is 12.1. The molecule has 1 atom stereocenters. The van der Waals surface area contributed by atoms with E-state index in [-0.39, 0.29) is 25.0 Å². The Hall–Kier alpha value is -3.09. The summed E-state index contributed by atoms with van der Waals surface area (Å²) in [5.41, 5.74) is 1.76. The van der Waals surface area contributed by atoms with Gasteiger partial charge in [-0.1, -0.05) is 47.5 Å². The number of amides is 2. The molecule has 1 aromatic heterocycles. The summed E-state index contributed by atoms with van der Waals surface area (Å²) in [6.45, 7) is 2.00. The van der Waals surface area contributed by atoms with Gasteiger partial charge in [0, 0.05) is 30.5 Å². The summed E-state index contributed by atoms with van der Waals surface area (Å²) in [6, 6.07) is 16.9. The first kappa shape index (κ1) is 23.6. The number of halogens is 2. The van der Waals surface area contributed by atoms with Crippen molar-refractivity contribution < 1.29 is 14.3 Å². The highest BCUT2D eigenvalue weighted by Crippen LogP contribution is 2.23. The summed E-state index contributed by atoms with van der Waals surface area (Å²) < 4.78 is 5.61. The van der Waals surface area contributed by atoms with Crippen LogP contribution >= 0.6 is 23.2 Å². The van der Waals surface area contributed by atoms with Crippen LogP contribution in [0.1, 0.15) is 18.1 Å². The van der Waals surface area contributed by atoms with Gasteiger partial charge in [-0.2, -0.15) is 0 Å². The molecule has 0 saturated carbocycles. The average Bonchev–Trinajstić information content (AvgIpc) is 2.81. The molecule has 0 aliphatic carbocycles. The minimum atomic E-state index is -0.727. The van der Waals surface area contributed by atoms with Crippen molar-refractivity contribution in [2.45, 2.75) is 26.1 Å². The minimum Gasteiger partial charge on any atom is -0.482 e. The van der Waals surface area contributed by atoms with E-state index in [0.717, 1.165) is 11.1 Å². The van der Waals surface area contributed by atoms with E-state index < -0.39 is 6.04 Å². The number of para-hydroxylation sites is 1. The normalized spacial score (nSPS) is 11.5. The van der Waals surface area contributed by atoms with Gasteiger partial charge >= 0.3 is 0 Å². The topological polar surface area (TPSA) is 71.5 Å². The number of aromatic nitrogens is 1. The van der Waals surface area contributed by atoms with Gasteiger partial charge in [-0.15, -0.1) is 0 Å². The quantitative estimate of drug-likeness (QED) is 0.498. The van der Waals surface area contributed by atoms with Crippen molar-refractivity contribution in [2.24, 2.45) is 0 Å². The highest BCUT2D eigenvalue weighted by Gasteiger charge is 2.26. The SMILES string of the molecule is C[C@H](C(=O)NCc1ccncc1)N(Cc1ccc(Cl)cc1)C(=O)COc1ccccc1Cl. The molecular weight excluding hydrogens is 449 g/mol. The molecule has 1 heterocycles. The zero-order chi connectivity index (χ0) is 22.9. The van der Waals surface area contributed by atoms with Gasteiger partial charge in [-0.05, 0) is 54.4 Å². The number of benzene rings is 2. The summed E-state index contributed by atoms with van der Waals surface area (Å²) in [5, 5.41) is 3.87. The number of nitrogens with one attached hydrogen (secondary N) is 1. The molecule has 3 rings (SSSR count). The van der Waals surface area contributed by atoms with Crippen LogP contribution in [0.4, 0.5) is 0 Å². The number of carbonyl (C=O) groups is 2. The molecule has 1 N–H and O–H groups in total. The molecule has 8 heteroatoms. The van der Waals surface area contributed by atoms with E-state index in [1.807, 2.05) is 24.3 Å². The highest BCUT2D eigenvalue weighted by atomic mass is 35.5. The minimum absolute atomic E-state index is 0.228. The summed E-state index contributed by atoms with van der Waals surface area (Å²) in [5.74, 6) is -0.211.